The van der Waals surface area contributed by atoms with Crippen molar-refractivity contribution in [1.29, 1.82) is 0 Å². The number of carboxylic acid groups (broad SMARTS) is 1. The topological polar surface area (TPSA) is 107 Å². The number of aromatic nitrogens is 2. The lowest BCUT2D eigenvalue weighted by atomic mass is 9.96. The van der Waals surface area contributed by atoms with Crippen molar-refractivity contribution in [2.24, 2.45) is 5.92 Å². The van der Waals surface area contributed by atoms with E-state index < -0.39 is 12.0 Å². The number of nitrogens with one attached hydrogen (secondary N) is 3. The van der Waals surface area contributed by atoms with Gasteiger partial charge in [-0.3, -0.25) is 4.79 Å². The molecule has 1 saturated heterocycles. The third-order valence-electron chi connectivity index (χ3n) is 3.30. The zero-order valence-electron chi connectivity index (χ0n) is 10.6. The molecule has 0 saturated carbocycles. The molecule has 1 aliphatic heterocycles. The average molecular weight is 266 g/mol. The van der Waals surface area contributed by atoms with Crippen molar-refractivity contribution in [3.63, 3.8) is 0 Å². The minimum absolute atomic E-state index is 0.0927. The molecule has 0 aliphatic carbocycles. The maximum absolute atomic E-state index is 12.0. The first-order valence-corrected chi connectivity index (χ1v) is 6.38. The minimum Gasteiger partial charge on any atom is -0.480 e. The van der Waals surface area contributed by atoms with E-state index in [9.17, 15) is 9.59 Å². The lowest BCUT2D eigenvalue weighted by Gasteiger charge is -2.23. The summed E-state index contributed by atoms with van der Waals surface area (Å²) in [5.74, 6) is -1.30. The second kappa shape index (κ2) is 6.33. The van der Waals surface area contributed by atoms with E-state index in [1.165, 1.54) is 6.33 Å². The van der Waals surface area contributed by atoms with Crippen LogP contribution in [0, 0.1) is 5.92 Å². The van der Waals surface area contributed by atoms with Crippen molar-refractivity contribution in [1.82, 2.24) is 20.6 Å². The van der Waals surface area contributed by atoms with Gasteiger partial charge in [-0.05, 0) is 25.9 Å². The van der Waals surface area contributed by atoms with Gasteiger partial charge in [0.1, 0.15) is 6.04 Å². The number of piperidine rings is 1. The highest BCUT2D eigenvalue weighted by atomic mass is 16.4. The molecule has 0 aromatic carbocycles. The first-order valence-electron chi connectivity index (χ1n) is 6.38. The van der Waals surface area contributed by atoms with Gasteiger partial charge in [0.15, 0.2) is 0 Å². The lowest BCUT2D eigenvalue weighted by Crippen LogP contribution is -2.47. The molecule has 19 heavy (non-hydrogen) atoms. The van der Waals surface area contributed by atoms with Crippen LogP contribution in [0.15, 0.2) is 12.5 Å². The number of aliphatic carboxylic acids is 1. The number of rotatable bonds is 5. The molecular weight excluding hydrogens is 248 g/mol. The summed E-state index contributed by atoms with van der Waals surface area (Å²) in [7, 11) is 0. The van der Waals surface area contributed by atoms with E-state index in [1.54, 1.807) is 6.20 Å². The summed E-state index contributed by atoms with van der Waals surface area (Å²) >= 11 is 0. The fraction of sp³-hybridized carbons (Fsp3) is 0.583. The van der Waals surface area contributed by atoms with E-state index in [0.29, 0.717) is 5.69 Å². The van der Waals surface area contributed by atoms with Crippen molar-refractivity contribution in [3.8, 4) is 0 Å². The Bertz CT molecular complexity index is 426. The second-order valence-corrected chi connectivity index (χ2v) is 4.70. The molecule has 1 aromatic heterocycles. The standard InChI is InChI=1S/C12H18N4O3/c17-11(8-1-3-13-4-2-8)16-10(12(18)19)5-9-6-14-7-15-9/h6-8,10,13H,1-5H2,(H,14,15)(H,16,17)(H,18,19). The molecule has 1 atom stereocenters. The summed E-state index contributed by atoms with van der Waals surface area (Å²) < 4.78 is 0. The van der Waals surface area contributed by atoms with Crippen LogP contribution >= 0.6 is 0 Å². The van der Waals surface area contributed by atoms with Crippen LogP contribution in [0.25, 0.3) is 0 Å². The monoisotopic (exact) mass is 266 g/mol. The highest BCUT2D eigenvalue weighted by Gasteiger charge is 2.26. The van der Waals surface area contributed by atoms with Gasteiger partial charge in [-0.2, -0.15) is 0 Å². The van der Waals surface area contributed by atoms with E-state index >= 15 is 0 Å². The molecule has 0 bridgehead atoms. The Morgan fingerprint density at radius 2 is 2.21 bits per heavy atom. The zero-order chi connectivity index (χ0) is 13.7. The van der Waals surface area contributed by atoms with Crippen LogP contribution in [0.1, 0.15) is 18.5 Å². The molecule has 7 heteroatoms. The lowest BCUT2D eigenvalue weighted by molar-refractivity contribution is -0.142. The van der Waals surface area contributed by atoms with E-state index in [-0.39, 0.29) is 18.2 Å². The fourth-order valence-corrected chi connectivity index (χ4v) is 2.19. The molecule has 2 heterocycles. The van der Waals surface area contributed by atoms with Gasteiger partial charge in [0.2, 0.25) is 5.91 Å². The number of amides is 1. The number of carboxylic acids is 1. The summed E-state index contributed by atoms with van der Waals surface area (Å²) in [4.78, 5) is 29.9. The fourth-order valence-electron chi connectivity index (χ4n) is 2.19. The van der Waals surface area contributed by atoms with Gasteiger partial charge < -0.3 is 20.7 Å². The Kier molecular flexibility index (Phi) is 4.51. The smallest absolute Gasteiger partial charge is 0.326 e. The van der Waals surface area contributed by atoms with Crippen molar-refractivity contribution >= 4 is 11.9 Å². The molecule has 7 nitrogen and oxygen atoms in total. The Morgan fingerprint density at radius 1 is 1.47 bits per heavy atom. The summed E-state index contributed by atoms with van der Waals surface area (Å²) in [6.45, 7) is 1.60. The molecule has 1 unspecified atom stereocenters. The van der Waals surface area contributed by atoms with Crippen LogP contribution in [-0.4, -0.2) is 46.1 Å². The van der Waals surface area contributed by atoms with Crippen molar-refractivity contribution < 1.29 is 14.7 Å². The second-order valence-electron chi connectivity index (χ2n) is 4.70. The molecule has 4 N–H and O–H groups in total. The van der Waals surface area contributed by atoms with Gasteiger partial charge in [-0.1, -0.05) is 0 Å². The summed E-state index contributed by atoms with van der Waals surface area (Å²) in [5, 5.41) is 14.9. The third kappa shape index (κ3) is 3.78. The first kappa shape index (κ1) is 13.5. The van der Waals surface area contributed by atoms with Gasteiger partial charge in [-0.15, -0.1) is 0 Å². The van der Waals surface area contributed by atoms with Crippen LogP contribution in [0.4, 0.5) is 0 Å². The van der Waals surface area contributed by atoms with Crippen LogP contribution in [0.2, 0.25) is 0 Å². The highest BCUT2D eigenvalue weighted by Crippen LogP contribution is 2.12. The Labute approximate surface area is 110 Å². The van der Waals surface area contributed by atoms with E-state index in [1.807, 2.05) is 0 Å². The summed E-state index contributed by atoms with van der Waals surface area (Å²) in [6.07, 6.45) is 4.77. The Hall–Kier alpha value is -1.89. The quantitative estimate of drug-likeness (QED) is 0.576. The third-order valence-corrected chi connectivity index (χ3v) is 3.30. The highest BCUT2D eigenvalue weighted by molar-refractivity contribution is 5.85. The Morgan fingerprint density at radius 3 is 2.79 bits per heavy atom. The summed E-state index contributed by atoms with van der Waals surface area (Å²) in [5.41, 5.74) is 0.693. The minimum atomic E-state index is -1.03. The molecule has 1 aromatic rings. The molecule has 2 rings (SSSR count). The molecule has 1 aliphatic rings. The zero-order valence-corrected chi connectivity index (χ0v) is 10.6. The van der Waals surface area contributed by atoms with Crippen LogP contribution in [0.5, 0.6) is 0 Å². The summed E-state index contributed by atoms with van der Waals surface area (Å²) in [6, 6.07) is -0.914. The van der Waals surface area contributed by atoms with E-state index in [4.69, 9.17) is 5.11 Å². The van der Waals surface area contributed by atoms with Crippen LogP contribution in [0.3, 0.4) is 0 Å². The van der Waals surface area contributed by atoms with E-state index in [2.05, 4.69) is 20.6 Å². The predicted molar refractivity (Wildman–Crippen MR) is 67.5 cm³/mol. The number of aromatic amines is 1. The molecule has 0 spiro atoms. The normalized spacial score (nSPS) is 17.9. The molecular formula is C12H18N4O3. The molecule has 1 fully saturated rings. The average Bonchev–Trinajstić information content (AvgIpc) is 2.91. The van der Waals surface area contributed by atoms with Gasteiger partial charge in [0.05, 0.1) is 6.33 Å². The van der Waals surface area contributed by atoms with Gasteiger partial charge in [-0.25, -0.2) is 9.78 Å². The largest absolute Gasteiger partial charge is 0.480 e. The number of carbonyl (C=O) groups is 2. The number of imidazole rings is 1. The van der Waals surface area contributed by atoms with Gasteiger partial charge in [0, 0.05) is 24.2 Å². The van der Waals surface area contributed by atoms with E-state index in [0.717, 1.165) is 25.9 Å². The van der Waals surface area contributed by atoms with Crippen molar-refractivity contribution in [2.45, 2.75) is 25.3 Å². The maximum Gasteiger partial charge on any atom is 0.326 e. The first-order chi connectivity index (χ1) is 9.16. The molecule has 0 radical (unpaired) electrons. The number of hydrogen-bond acceptors (Lipinski definition) is 4. The molecule has 1 amide bonds. The SMILES string of the molecule is O=C(NC(Cc1cnc[nH]1)C(=O)O)C1CCNCC1. The van der Waals surface area contributed by atoms with Crippen molar-refractivity contribution in [3.05, 3.63) is 18.2 Å². The molecule has 104 valence electrons. The van der Waals surface area contributed by atoms with Crippen molar-refractivity contribution in [2.75, 3.05) is 13.1 Å². The number of hydrogen-bond donors (Lipinski definition) is 4. The predicted octanol–water partition coefficient (Wildman–Crippen LogP) is -0.479. The maximum atomic E-state index is 12.0. The van der Waals surface area contributed by atoms with Gasteiger partial charge in [0.25, 0.3) is 0 Å². The Balaban J connectivity index is 1.92. The number of carbonyl (C=O) groups excluding carboxylic acids is 1. The number of H-pyrrole nitrogens is 1. The van der Waals surface area contributed by atoms with Gasteiger partial charge >= 0.3 is 5.97 Å². The van der Waals surface area contributed by atoms with Crippen LogP contribution in [-0.2, 0) is 16.0 Å². The number of nitrogens with zero attached hydrogens (tertiary/aromatic N) is 1. The van der Waals surface area contributed by atoms with Crippen LogP contribution < -0.4 is 10.6 Å².